The van der Waals surface area contributed by atoms with Gasteiger partial charge in [0.2, 0.25) is 5.88 Å². The molecule has 8 nitrogen and oxygen atoms in total. The van der Waals surface area contributed by atoms with Gasteiger partial charge in [0.1, 0.15) is 12.1 Å². The summed E-state index contributed by atoms with van der Waals surface area (Å²) in [6.45, 7) is 3.49. The molecule has 0 unspecified atom stereocenters. The Kier molecular flexibility index (Phi) is 4.42. The van der Waals surface area contributed by atoms with Crippen LogP contribution in [0.4, 0.5) is 5.82 Å². The van der Waals surface area contributed by atoms with Crippen LogP contribution in [0.25, 0.3) is 0 Å². The number of nitrogens with zero attached hydrogens (tertiary/aromatic N) is 4. The van der Waals surface area contributed by atoms with Gasteiger partial charge in [-0.2, -0.15) is 0 Å². The summed E-state index contributed by atoms with van der Waals surface area (Å²) in [5, 5.41) is 3.05. The first-order valence-corrected chi connectivity index (χ1v) is 8.57. The number of carbonyl (C=O) groups is 1. The highest BCUT2D eigenvalue weighted by Crippen LogP contribution is 2.42. The smallest absolute Gasteiger partial charge is 0.252 e. The predicted molar refractivity (Wildman–Crippen MR) is 94.1 cm³/mol. The number of pyridine rings is 1. The van der Waals surface area contributed by atoms with E-state index in [1.54, 1.807) is 31.6 Å². The molecule has 2 aliphatic rings. The van der Waals surface area contributed by atoms with E-state index in [0.717, 1.165) is 18.9 Å². The first-order valence-electron chi connectivity index (χ1n) is 8.57. The van der Waals surface area contributed by atoms with Gasteiger partial charge >= 0.3 is 0 Å². The van der Waals surface area contributed by atoms with Crippen molar-refractivity contribution in [1.82, 2.24) is 20.3 Å². The third-order valence-corrected chi connectivity index (χ3v) is 5.21. The van der Waals surface area contributed by atoms with Gasteiger partial charge in [0.15, 0.2) is 0 Å². The van der Waals surface area contributed by atoms with E-state index in [1.807, 2.05) is 6.07 Å². The van der Waals surface area contributed by atoms with Gasteiger partial charge in [-0.1, -0.05) is 0 Å². The zero-order chi connectivity index (χ0) is 18.0. The van der Waals surface area contributed by atoms with E-state index in [-0.39, 0.29) is 11.3 Å². The number of nitrogens with one attached hydrogen (secondary N) is 1. The maximum absolute atomic E-state index is 12.4. The van der Waals surface area contributed by atoms with Gasteiger partial charge in [-0.15, -0.1) is 0 Å². The standard InChI is InChI=1S/C18H21N5O3/c1-25-16-5-15(21-12-22-16)23-7-14-8-26-11-18(14,10-23)9-20-17(24)13-3-2-4-19-6-13/h2-6,12,14H,7-11H2,1H3,(H,20,24)/t14-,18+/m1/s1. The SMILES string of the molecule is COc1cc(N2C[C@@H]3COC[C@]3(CNC(=O)c3cccnc3)C2)ncn1. The van der Waals surface area contributed by atoms with Gasteiger partial charge < -0.3 is 19.7 Å². The molecule has 0 bridgehead atoms. The minimum absolute atomic E-state index is 0.111. The lowest BCUT2D eigenvalue weighted by atomic mass is 9.81. The van der Waals surface area contributed by atoms with Crippen LogP contribution in [0.15, 0.2) is 36.9 Å². The Morgan fingerprint density at radius 3 is 3.23 bits per heavy atom. The normalized spacial score (nSPS) is 24.3. The molecule has 2 aliphatic heterocycles. The Labute approximate surface area is 151 Å². The van der Waals surface area contributed by atoms with E-state index in [1.165, 1.54) is 6.33 Å². The molecule has 2 saturated heterocycles. The van der Waals surface area contributed by atoms with Crippen molar-refractivity contribution in [1.29, 1.82) is 0 Å². The Bertz CT molecular complexity index is 787. The summed E-state index contributed by atoms with van der Waals surface area (Å²) in [6, 6.07) is 5.36. The number of fused-ring (bicyclic) bond motifs is 1. The molecule has 1 amide bonds. The van der Waals surface area contributed by atoms with Crippen LogP contribution in [-0.4, -0.2) is 60.8 Å². The van der Waals surface area contributed by atoms with Crippen LogP contribution in [0.1, 0.15) is 10.4 Å². The molecule has 0 radical (unpaired) electrons. The van der Waals surface area contributed by atoms with Gasteiger partial charge in [0.25, 0.3) is 5.91 Å². The number of methoxy groups -OCH3 is 1. The summed E-state index contributed by atoms with van der Waals surface area (Å²) in [5.41, 5.74) is 0.450. The third-order valence-electron chi connectivity index (χ3n) is 5.21. The molecule has 0 aromatic carbocycles. The van der Waals surface area contributed by atoms with Crippen molar-refractivity contribution in [3.05, 3.63) is 42.5 Å². The maximum Gasteiger partial charge on any atom is 0.252 e. The van der Waals surface area contributed by atoms with Gasteiger partial charge in [-0.3, -0.25) is 9.78 Å². The minimum atomic E-state index is -0.115. The van der Waals surface area contributed by atoms with Crippen LogP contribution in [0, 0.1) is 11.3 Å². The molecule has 0 spiro atoms. The lowest BCUT2D eigenvalue weighted by Crippen LogP contribution is -2.43. The Balaban J connectivity index is 1.47. The molecule has 2 aromatic heterocycles. The quantitative estimate of drug-likeness (QED) is 0.847. The molecule has 4 heterocycles. The Morgan fingerprint density at radius 1 is 1.50 bits per heavy atom. The van der Waals surface area contributed by atoms with Crippen molar-refractivity contribution in [3.63, 3.8) is 0 Å². The second-order valence-corrected chi connectivity index (χ2v) is 6.80. The number of hydrogen-bond acceptors (Lipinski definition) is 7. The zero-order valence-electron chi connectivity index (χ0n) is 14.6. The van der Waals surface area contributed by atoms with E-state index in [4.69, 9.17) is 9.47 Å². The summed E-state index contributed by atoms with van der Waals surface area (Å²) in [7, 11) is 1.59. The van der Waals surface area contributed by atoms with Gasteiger partial charge in [-0.25, -0.2) is 9.97 Å². The average molecular weight is 355 g/mol. The first-order chi connectivity index (χ1) is 12.7. The van der Waals surface area contributed by atoms with Crippen LogP contribution in [-0.2, 0) is 4.74 Å². The van der Waals surface area contributed by atoms with Crippen LogP contribution < -0.4 is 15.0 Å². The van der Waals surface area contributed by atoms with Gasteiger partial charge in [-0.05, 0) is 12.1 Å². The highest BCUT2D eigenvalue weighted by Gasteiger charge is 2.51. The monoisotopic (exact) mass is 355 g/mol. The Morgan fingerprint density at radius 2 is 2.42 bits per heavy atom. The summed E-state index contributed by atoms with van der Waals surface area (Å²) < 4.78 is 10.9. The summed E-state index contributed by atoms with van der Waals surface area (Å²) in [5.74, 6) is 1.62. The fourth-order valence-electron chi connectivity index (χ4n) is 3.73. The number of carbonyl (C=O) groups excluding carboxylic acids is 1. The number of anilines is 1. The zero-order valence-corrected chi connectivity index (χ0v) is 14.6. The van der Waals surface area contributed by atoms with Crippen molar-refractivity contribution >= 4 is 11.7 Å². The molecule has 1 N–H and O–H groups in total. The molecule has 0 aliphatic carbocycles. The molecule has 2 aromatic rings. The highest BCUT2D eigenvalue weighted by atomic mass is 16.5. The highest BCUT2D eigenvalue weighted by molar-refractivity contribution is 5.93. The average Bonchev–Trinajstić information content (AvgIpc) is 3.24. The van der Waals surface area contributed by atoms with E-state index in [2.05, 4.69) is 25.2 Å². The molecule has 4 rings (SSSR count). The van der Waals surface area contributed by atoms with Crippen molar-refractivity contribution in [2.75, 3.05) is 44.9 Å². The van der Waals surface area contributed by atoms with Crippen LogP contribution in [0.5, 0.6) is 5.88 Å². The number of aromatic nitrogens is 3. The van der Waals surface area contributed by atoms with E-state index < -0.39 is 0 Å². The van der Waals surface area contributed by atoms with Gasteiger partial charge in [0, 0.05) is 49.4 Å². The molecule has 26 heavy (non-hydrogen) atoms. The molecular formula is C18H21N5O3. The topological polar surface area (TPSA) is 89.5 Å². The van der Waals surface area contributed by atoms with Crippen molar-refractivity contribution in [2.24, 2.45) is 11.3 Å². The summed E-state index contributed by atoms with van der Waals surface area (Å²) >= 11 is 0. The van der Waals surface area contributed by atoms with Crippen LogP contribution in [0.2, 0.25) is 0 Å². The first kappa shape index (κ1) is 16.7. The lowest BCUT2D eigenvalue weighted by Gasteiger charge is -2.27. The lowest BCUT2D eigenvalue weighted by molar-refractivity contribution is 0.0920. The van der Waals surface area contributed by atoms with E-state index >= 15 is 0 Å². The summed E-state index contributed by atoms with van der Waals surface area (Å²) in [6.07, 6.45) is 4.74. The number of amides is 1. The van der Waals surface area contributed by atoms with Crippen LogP contribution >= 0.6 is 0 Å². The molecule has 8 heteroatoms. The Hall–Kier alpha value is -2.74. The summed E-state index contributed by atoms with van der Waals surface area (Å²) in [4.78, 5) is 27.0. The number of ether oxygens (including phenoxy) is 2. The second-order valence-electron chi connectivity index (χ2n) is 6.80. The van der Waals surface area contributed by atoms with Gasteiger partial charge in [0.05, 0.1) is 25.9 Å². The minimum Gasteiger partial charge on any atom is -0.481 e. The van der Waals surface area contributed by atoms with Crippen molar-refractivity contribution in [2.45, 2.75) is 0 Å². The fraction of sp³-hybridized carbons (Fsp3) is 0.444. The van der Waals surface area contributed by atoms with Crippen molar-refractivity contribution < 1.29 is 14.3 Å². The predicted octanol–water partition coefficient (Wildman–Crippen LogP) is 0.763. The van der Waals surface area contributed by atoms with E-state index in [0.29, 0.717) is 37.1 Å². The second kappa shape index (κ2) is 6.87. The van der Waals surface area contributed by atoms with Crippen molar-refractivity contribution in [3.8, 4) is 5.88 Å². The largest absolute Gasteiger partial charge is 0.481 e. The molecular weight excluding hydrogens is 334 g/mol. The number of rotatable bonds is 5. The fourth-order valence-corrected chi connectivity index (χ4v) is 3.73. The molecule has 0 saturated carbocycles. The molecule has 2 fully saturated rings. The maximum atomic E-state index is 12.4. The molecule has 136 valence electrons. The molecule has 2 atom stereocenters. The number of hydrogen-bond donors (Lipinski definition) is 1. The van der Waals surface area contributed by atoms with E-state index in [9.17, 15) is 4.79 Å². The third kappa shape index (κ3) is 3.08. The van der Waals surface area contributed by atoms with Crippen LogP contribution in [0.3, 0.4) is 0 Å².